The Morgan fingerprint density at radius 2 is 2.07 bits per heavy atom. The number of H-pyrrole nitrogens is 1. The van der Waals surface area contributed by atoms with Gasteiger partial charge in [-0.2, -0.15) is 0 Å². The molecule has 2 aromatic carbocycles. The number of hydrogen-bond acceptors (Lipinski definition) is 4. The third kappa shape index (κ3) is 4.47. The number of benzene rings is 2. The second-order valence-corrected chi connectivity index (χ2v) is 8.03. The summed E-state index contributed by atoms with van der Waals surface area (Å²) < 4.78 is 0. The summed E-state index contributed by atoms with van der Waals surface area (Å²) in [7, 11) is 0. The van der Waals surface area contributed by atoms with Gasteiger partial charge in [0.1, 0.15) is 6.04 Å². The van der Waals surface area contributed by atoms with Gasteiger partial charge in [0.05, 0.1) is 28.4 Å². The minimum absolute atomic E-state index is 0.155. The van der Waals surface area contributed by atoms with Gasteiger partial charge in [-0.1, -0.05) is 41.9 Å². The molecule has 1 aromatic heterocycles. The molecule has 4 N–H and O–H groups in total. The van der Waals surface area contributed by atoms with Gasteiger partial charge in [-0.05, 0) is 42.5 Å². The van der Waals surface area contributed by atoms with E-state index in [1.807, 2.05) is 24.3 Å². The van der Waals surface area contributed by atoms with Crippen molar-refractivity contribution in [2.75, 3.05) is 6.54 Å². The molecule has 0 unspecified atom stereocenters. The molecule has 4 rings (SSSR count). The van der Waals surface area contributed by atoms with Crippen LogP contribution in [-0.2, 0) is 16.1 Å². The molecule has 7 nitrogen and oxygen atoms in total. The molecule has 1 fully saturated rings. The number of aromatic nitrogens is 2. The number of aromatic amines is 1. The Hall–Kier alpha value is -2.90. The Balaban J connectivity index is 1.28. The monoisotopic (exact) mass is 425 g/mol. The number of carbonyl (C=O) groups is 2. The highest BCUT2D eigenvalue weighted by Crippen LogP contribution is 2.25. The molecule has 8 heteroatoms. The first-order valence-electron chi connectivity index (χ1n) is 9.99. The zero-order chi connectivity index (χ0) is 21.1. The van der Waals surface area contributed by atoms with Gasteiger partial charge in [-0.25, -0.2) is 4.98 Å². The lowest BCUT2D eigenvalue weighted by Crippen LogP contribution is -2.49. The van der Waals surface area contributed by atoms with Gasteiger partial charge in [0.25, 0.3) is 0 Å². The molecule has 0 radical (unpaired) electrons. The van der Waals surface area contributed by atoms with E-state index in [0.717, 1.165) is 23.1 Å². The number of rotatable bonds is 6. The van der Waals surface area contributed by atoms with E-state index < -0.39 is 6.04 Å². The number of fused-ring (bicyclic) bond motifs is 1. The van der Waals surface area contributed by atoms with Crippen LogP contribution in [0, 0.1) is 0 Å². The summed E-state index contributed by atoms with van der Waals surface area (Å²) in [5, 5.41) is 9.46. The van der Waals surface area contributed by atoms with Crippen molar-refractivity contribution >= 4 is 34.4 Å². The molecule has 0 bridgehead atoms. The Bertz CT molecular complexity index is 1050. The summed E-state index contributed by atoms with van der Waals surface area (Å²) in [6.45, 7) is 2.74. The Labute approximate surface area is 179 Å². The van der Waals surface area contributed by atoms with Gasteiger partial charge >= 0.3 is 0 Å². The Morgan fingerprint density at radius 3 is 2.87 bits per heavy atom. The molecule has 30 heavy (non-hydrogen) atoms. The molecule has 0 saturated carbocycles. The molecule has 3 atom stereocenters. The van der Waals surface area contributed by atoms with Crippen LogP contribution in [0.1, 0.15) is 30.4 Å². The third-order valence-electron chi connectivity index (χ3n) is 5.48. The second kappa shape index (κ2) is 8.85. The molecule has 3 aromatic rings. The van der Waals surface area contributed by atoms with Crippen LogP contribution < -0.4 is 16.0 Å². The summed E-state index contributed by atoms with van der Waals surface area (Å²) in [6, 6.07) is 12.9. The molecular weight excluding hydrogens is 402 g/mol. The molecule has 0 spiro atoms. The number of nitrogens with one attached hydrogen (secondary N) is 4. The third-order valence-corrected chi connectivity index (χ3v) is 5.78. The smallest absolute Gasteiger partial charge is 0.242 e. The van der Waals surface area contributed by atoms with Crippen LogP contribution in [-0.4, -0.2) is 40.4 Å². The fourth-order valence-electron chi connectivity index (χ4n) is 3.80. The van der Waals surface area contributed by atoms with Crippen LogP contribution in [0.25, 0.3) is 11.0 Å². The molecular formula is C22H24ClN5O2. The van der Waals surface area contributed by atoms with Gasteiger partial charge in [-0.3, -0.25) is 9.59 Å². The molecule has 2 amide bonds. The van der Waals surface area contributed by atoms with Gasteiger partial charge in [0.2, 0.25) is 11.8 Å². The van der Waals surface area contributed by atoms with Crippen molar-refractivity contribution in [2.24, 2.45) is 0 Å². The van der Waals surface area contributed by atoms with E-state index >= 15 is 0 Å². The maximum Gasteiger partial charge on any atom is 0.242 e. The van der Waals surface area contributed by atoms with Crippen LogP contribution in [0.15, 0.2) is 48.8 Å². The quantitative estimate of drug-likeness (QED) is 0.487. The highest BCUT2D eigenvalue weighted by molar-refractivity contribution is 6.35. The summed E-state index contributed by atoms with van der Waals surface area (Å²) in [5.41, 5.74) is 3.58. The minimum atomic E-state index is -0.639. The summed E-state index contributed by atoms with van der Waals surface area (Å²) in [5.74, 6) is -0.107. The number of halogens is 1. The lowest BCUT2D eigenvalue weighted by atomic mass is 9.96. The van der Waals surface area contributed by atoms with E-state index in [-0.39, 0.29) is 17.9 Å². The van der Waals surface area contributed by atoms with E-state index in [0.29, 0.717) is 23.9 Å². The maximum absolute atomic E-state index is 12.6. The Morgan fingerprint density at radius 1 is 1.27 bits per heavy atom. The lowest BCUT2D eigenvalue weighted by Gasteiger charge is -2.17. The van der Waals surface area contributed by atoms with Crippen LogP contribution >= 0.6 is 11.6 Å². The van der Waals surface area contributed by atoms with Gasteiger partial charge in [0.15, 0.2) is 0 Å². The van der Waals surface area contributed by atoms with Crippen molar-refractivity contribution in [3.63, 3.8) is 0 Å². The molecule has 1 saturated heterocycles. The summed E-state index contributed by atoms with van der Waals surface area (Å²) in [6.07, 6.45) is 2.29. The van der Waals surface area contributed by atoms with Crippen molar-refractivity contribution in [3.8, 4) is 0 Å². The molecule has 1 aliphatic rings. The zero-order valence-corrected chi connectivity index (χ0v) is 17.4. The van der Waals surface area contributed by atoms with E-state index in [1.54, 1.807) is 19.3 Å². The van der Waals surface area contributed by atoms with Crippen molar-refractivity contribution in [1.82, 2.24) is 25.9 Å². The number of hydrogen-bond donors (Lipinski definition) is 4. The van der Waals surface area contributed by atoms with E-state index in [4.69, 9.17) is 11.6 Å². The van der Waals surface area contributed by atoms with Crippen LogP contribution in [0.5, 0.6) is 0 Å². The van der Waals surface area contributed by atoms with E-state index in [9.17, 15) is 9.59 Å². The highest BCUT2D eigenvalue weighted by atomic mass is 35.5. The number of nitrogens with zero attached hydrogens (tertiary/aromatic N) is 1. The zero-order valence-electron chi connectivity index (χ0n) is 16.6. The van der Waals surface area contributed by atoms with Gasteiger partial charge in [-0.15, -0.1) is 0 Å². The van der Waals surface area contributed by atoms with Crippen LogP contribution in [0.3, 0.4) is 0 Å². The highest BCUT2D eigenvalue weighted by Gasteiger charge is 2.31. The van der Waals surface area contributed by atoms with E-state index in [1.165, 1.54) is 5.56 Å². The van der Waals surface area contributed by atoms with Crippen molar-refractivity contribution < 1.29 is 9.59 Å². The average Bonchev–Trinajstić information content (AvgIpc) is 3.42. The maximum atomic E-state index is 12.6. The van der Waals surface area contributed by atoms with Gasteiger partial charge in [0, 0.05) is 13.1 Å². The SMILES string of the molecule is C[C@H](NC(=O)[C@H]1C[C@H](c2ccccc2)CN1)C(=O)NCc1cc(Cl)c2[nH]cnc2c1. The predicted molar refractivity (Wildman–Crippen MR) is 116 cm³/mol. The first-order chi connectivity index (χ1) is 14.5. The van der Waals surface area contributed by atoms with Crippen LogP contribution in [0.4, 0.5) is 0 Å². The number of carbonyl (C=O) groups excluding carboxylic acids is 2. The van der Waals surface area contributed by atoms with E-state index in [2.05, 4.69) is 38.1 Å². The fraction of sp³-hybridized carbons (Fsp3) is 0.318. The predicted octanol–water partition coefficient (Wildman–Crippen LogP) is 2.48. The van der Waals surface area contributed by atoms with Crippen LogP contribution in [0.2, 0.25) is 5.02 Å². The topological polar surface area (TPSA) is 98.9 Å². The first-order valence-corrected chi connectivity index (χ1v) is 10.4. The lowest BCUT2D eigenvalue weighted by molar-refractivity contribution is -0.129. The normalized spacial score (nSPS) is 19.5. The van der Waals surface area contributed by atoms with Crippen molar-refractivity contribution in [3.05, 3.63) is 64.9 Å². The van der Waals surface area contributed by atoms with Gasteiger partial charge < -0.3 is 20.9 Å². The molecule has 156 valence electrons. The Kier molecular flexibility index (Phi) is 6.01. The molecule has 1 aliphatic heterocycles. The van der Waals surface area contributed by atoms with Crippen molar-refractivity contribution in [2.45, 2.75) is 37.9 Å². The summed E-state index contributed by atoms with van der Waals surface area (Å²) in [4.78, 5) is 32.2. The minimum Gasteiger partial charge on any atom is -0.350 e. The standard InChI is InChI=1S/C22H24ClN5O2/c1-13(21(29)25-10-14-7-17(23)20-18(8-14)26-12-27-20)28-22(30)19-9-16(11-24-19)15-5-3-2-4-6-15/h2-8,12-13,16,19,24H,9-11H2,1H3,(H,25,29)(H,26,27)(H,28,30)/t13-,16-,19+/m0/s1. The molecule has 2 heterocycles. The fourth-order valence-corrected chi connectivity index (χ4v) is 4.09. The van der Waals surface area contributed by atoms with Crippen molar-refractivity contribution in [1.29, 1.82) is 0 Å². The first kappa shape index (κ1) is 20.4. The number of imidazole rings is 1. The number of amides is 2. The summed E-state index contributed by atoms with van der Waals surface area (Å²) >= 11 is 6.23. The average molecular weight is 426 g/mol. The molecule has 0 aliphatic carbocycles. The largest absolute Gasteiger partial charge is 0.350 e. The second-order valence-electron chi connectivity index (χ2n) is 7.63.